The molecule has 43 heavy (non-hydrogen) atoms. The Bertz CT molecular complexity index is 1230. The summed E-state index contributed by atoms with van der Waals surface area (Å²) >= 11 is 0. The third kappa shape index (κ3) is 16.6. The van der Waals surface area contributed by atoms with Gasteiger partial charge in [0.15, 0.2) is 6.29 Å². The highest BCUT2D eigenvalue weighted by Crippen LogP contribution is 2.13. The standard InChI is InChI=1S/C8H8F2.C8H9F.C8H10.C6H8N2.C6H12O2/c1-5-3-7(9)6(2)8(10)4-5;1-6-3-4-7(2)8(9)5-6;1-7-3-5-8(2)6-4-7;2*1-5-3-7-6(2)8-4-5/h3-4H,1-2H3;3-5H,1-2H3;3-6H,1-2H3;3-4H,1-2H3;5-6H,3-4H2,1-2H3. The summed E-state index contributed by atoms with van der Waals surface area (Å²) in [6.07, 6.45) is 3.64. The molecule has 3 aromatic carbocycles. The Kier molecular flexibility index (Phi) is 17.1. The second-order valence-corrected chi connectivity index (χ2v) is 10.9. The van der Waals surface area contributed by atoms with Crippen molar-refractivity contribution >= 4 is 0 Å². The minimum Gasteiger partial charge on any atom is -0.353 e. The van der Waals surface area contributed by atoms with Gasteiger partial charge < -0.3 is 9.47 Å². The average Bonchev–Trinajstić information content (AvgIpc) is 2.96. The number of rotatable bonds is 0. The molecular weight excluding hydrogens is 549 g/mol. The third-order valence-electron chi connectivity index (χ3n) is 6.11. The molecule has 1 aliphatic heterocycles. The molecule has 0 bridgehead atoms. The molecule has 0 amide bonds. The number of hydrogen-bond donors (Lipinski definition) is 0. The van der Waals surface area contributed by atoms with Crippen molar-refractivity contribution in [3.05, 3.63) is 129 Å². The molecule has 1 aliphatic rings. The van der Waals surface area contributed by atoms with E-state index in [0.29, 0.717) is 17.0 Å². The molecule has 1 saturated heterocycles. The Labute approximate surface area is 256 Å². The van der Waals surface area contributed by atoms with E-state index >= 15 is 0 Å². The summed E-state index contributed by atoms with van der Waals surface area (Å²) in [6, 6.07) is 16.3. The van der Waals surface area contributed by atoms with Gasteiger partial charge in [-0.15, -0.1) is 0 Å². The first kappa shape index (κ1) is 37.5. The van der Waals surface area contributed by atoms with Crippen LogP contribution in [0.5, 0.6) is 0 Å². The highest BCUT2D eigenvalue weighted by Gasteiger charge is 2.13. The van der Waals surface area contributed by atoms with Crippen LogP contribution in [-0.4, -0.2) is 29.5 Å². The second-order valence-electron chi connectivity index (χ2n) is 10.9. The van der Waals surface area contributed by atoms with Gasteiger partial charge in [-0.05, 0) is 103 Å². The van der Waals surface area contributed by atoms with Gasteiger partial charge in [0.2, 0.25) is 0 Å². The lowest BCUT2D eigenvalue weighted by Gasteiger charge is -2.24. The van der Waals surface area contributed by atoms with Crippen molar-refractivity contribution in [1.82, 2.24) is 9.97 Å². The quantitative estimate of drug-likeness (QED) is 0.203. The van der Waals surface area contributed by atoms with Gasteiger partial charge in [-0.1, -0.05) is 54.4 Å². The molecule has 1 fully saturated rings. The van der Waals surface area contributed by atoms with Crippen LogP contribution in [0.15, 0.2) is 67.0 Å². The van der Waals surface area contributed by atoms with E-state index in [4.69, 9.17) is 9.47 Å². The molecule has 0 spiro atoms. The number of hydrogen-bond acceptors (Lipinski definition) is 4. The lowest BCUT2D eigenvalue weighted by atomic mass is 10.1. The van der Waals surface area contributed by atoms with Crippen molar-refractivity contribution in [3.8, 4) is 0 Å². The topological polar surface area (TPSA) is 44.2 Å². The van der Waals surface area contributed by atoms with E-state index < -0.39 is 11.6 Å². The maximum atomic E-state index is 12.6. The zero-order valence-electron chi connectivity index (χ0n) is 27.3. The zero-order valence-corrected chi connectivity index (χ0v) is 27.3. The van der Waals surface area contributed by atoms with Crippen molar-refractivity contribution in [2.45, 2.75) is 75.5 Å². The van der Waals surface area contributed by atoms with Crippen LogP contribution in [0.25, 0.3) is 0 Å². The van der Waals surface area contributed by atoms with Crippen molar-refractivity contribution in [2.24, 2.45) is 5.92 Å². The van der Waals surface area contributed by atoms with E-state index in [0.717, 1.165) is 30.2 Å². The first-order valence-corrected chi connectivity index (χ1v) is 14.3. The molecule has 2 heterocycles. The largest absolute Gasteiger partial charge is 0.353 e. The molecular formula is C36H47F3N2O2. The van der Waals surface area contributed by atoms with E-state index in [9.17, 15) is 13.2 Å². The van der Waals surface area contributed by atoms with Gasteiger partial charge in [0.05, 0.1) is 13.2 Å². The highest BCUT2D eigenvalue weighted by molar-refractivity contribution is 5.24. The minimum atomic E-state index is -0.475. The summed E-state index contributed by atoms with van der Waals surface area (Å²) in [6.45, 7) is 20.5. The van der Waals surface area contributed by atoms with Crippen LogP contribution in [0, 0.1) is 78.8 Å². The Balaban J connectivity index is 0.000000269. The number of aromatic nitrogens is 2. The lowest BCUT2D eigenvalue weighted by molar-refractivity contribution is -0.187. The molecule has 234 valence electrons. The SMILES string of the molecule is CC1COC(C)OC1.Cc1cc(F)c(C)c(F)c1.Cc1ccc(C)c(F)c1.Cc1ccc(C)cc1.Cc1cnc(C)nc1. The predicted octanol–water partition coefficient (Wildman–Crippen LogP) is 9.44. The predicted molar refractivity (Wildman–Crippen MR) is 170 cm³/mol. The van der Waals surface area contributed by atoms with E-state index in [1.807, 2.05) is 46.2 Å². The maximum absolute atomic E-state index is 12.6. The van der Waals surface area contributed by atoms with Gasteiger partial charge in [0.25, 0.3) is 0 Å². The van der Waals surface area contributed by atoms with Gasteiger partial charge in [0, 0.05) is 23.9 Å². The molecule has 0 aliphatic carbocycles. The molecule has 0 saturated carbocycles. The normalized spacial score (nSPS) is 15.2. The van der Waals surface area contributed by atoms with Crippen LogP contribution in [0.1, 0.15) is 58.6 Å². The third-order valence-corrected chi connectivity index (χ3v) is 6.11. The molecule has 0 atom stereocenters. The fraction of sp³-hybridized carbons (Fsp3) is 0.389. The highest BCUT2D eigenvalue weighted by atomic mass is 19.1. The van der Waals surface area contributed by atoms with E-state index in [1.54, 1.807) is 19.9 Å². The van der Waals surface area contributed by atoms with E-state index in [2.05, 4.69) is 55.0 Å². The number of nitrogens with zero attached hydrogens (tertiary/aromatic N) is 2. The van der Waals surface area contributed by atoms with Gasteiger partial charge in [-0.25, -0.2) is 23.1 Å². The van der Waals surface area contributed by atoms with Crippen LogP contribution in [0.3, 0.4) is 0 Å². The zero-order chi connectivity index (χ0) is 32.5. The maximum Gasteiger partial charge on any atom is 0.154 e. The van der Waals surface area contributed by atoms with Crippen molar-refractivity contribution in [3.63, 3.8) is 0 Å². The Morgan fingerprint density at radius 2 is 0.977 bits per heavy atom. The Morgan fingerprint density at radius 1 is 0.558 bits per heavy atom. The second kappa shape index (κ2) is 19.6. The number of benzene rings is 3. The number of aryl methyl sites for hydroxylation is 7. The van der Waals surface area contributed by atoms with Crippen LogP contribution in [0.4, 0.5) is 13.2 Å². The molecule has 0 unspecified atom stereocenters. The van der Waals surface area contributed by atoms with Gasteiger partial charge in [-0.3, -0.25) is 0 Å². The molecule has 1 aromatic heterocycles. The average molecular weight is 597 g/mol. The number of ether oxygens (including phenoxy) is 2. The lowest BCUT2D eigenvalue weighted by Crippen LogP contribution is -2.27. The van der Waals surface area contributed by atoms with E-state index in [-0.39, 0.29) is 17.7 Å². The first-order valence-electron chi connectivity index (χ1n) is 14.3. The summed E-state index contributed by atoms with van der Waals surface area (Å²) in [5.74, 6) is 0.340. The molecule has 0 radical (unpaired) electrons. The smallest absolute Gasteiger partial charge is 0.154 e. The molecule has 5 rings (SSSR count). The van der Waals surface area contributed by atoms with Crippen LogP contribution in [0.2, 0.25) is 0 Å². The fourth-order valence-corrected chi connectivity index (χ4v) is 3.26. The summed E-state index contributed by atoms with van der Waals surface area (Å²) in [5, 5.41) is 0. The molecule has 7 heteroatoms. The summed E-state index contributed by atoms with van der Waals surface area (Å²) in [5.41, 5.74) is 6.15. The summed E-state index contributed by atoms with van der Waals surface area (Å²) in [4.78, 5) is 7.94. The fourth-order valence-electron chi connectivity index (χ4n) is 3.26. The van der Waals surface area contributed by atoms with Crippen molar-refractivity contribution < 1.29 is 22.6 Å². The Morgan fingerprint density at radius 3 is 1.35 bits per heavy atom. The monoisotopic (exact) mass is 596 g/mol. The first-order chi connectivity index (χ1) is 20.2. The molecule has 4 aromatic rings. The molecule has 0 N–H and O–H groups in total. The van der Waals surface area contributed by atoms with Gasteiger partial charge in [-0.2, -0.15) is 0 Å². The Hall–Kier alpha value is -3.55. The number of halogens is 3. The van der Waals surface area contributed by atoms with Gasteiger partial charge in [0.1, 0.15) is 23.3 Å². The van der Waals surface area contributed by atoms with E-state index in [1.165, 1.54) is 36.2 Å². The summed E-state index contributed by atoms with van der Waals surface area (Å²) in [7, 11) is 0. The van der Waals surface area contributed by atoms with Crippen LogP contribution in [-0.2, 0) is 9.47 Å². The van der Waals surface area contributed by atoms with Crippen LogP contribution < -0.4 is 0 Å². The van der Waals surface area contributed by atoms with Crippen molar-refractivity contribution in [2.75, 3.05) is 13.2 Å². The molecule has 4 nitrogen and oxygen atoms in total. The summed E-state index contributed by atoms with van der Waals surface area (Å²) < 4.78 is 48.1. The van der Waals surface area contributed by atoms with Crippen molar-refractivity contribution in [1.29, 1.82) is 0 Å². The minimum absolute atomic E-state index is 0.0196. The van der Waals surface area contributed by atoms with Crippen LogP contribution >= 0.6 is 0 Å². The van der Waals surface area contributed by atoms with Gasteiger partial charge >= 0.3 is 0 Å².